The zero-order valence-electron chi connectivity index (χ0n) is 12.8. The van der Waals surface area contributed by atoms with Gasteiger partial charge in [0.25, 0.3) is 5.91 Å². The van der Waals surface area contributed by atoms with Crippen LogP contribution in [0.2, 0.25) is 0 Å². The lowest BCUT2D eigenvalue weighted by atomic mass is 10.1. The Morgan fingerprint density at radius 2 is 1.68 bits per heavy atom. The van der Waals surface area contributed by atoms with Crippen LogP contribution < -0.4 is 5.32 Å². The fourth-order valence-electron chi connectivity index (χ4n) is 2.82. The molecule has 2 aromatic rings. The minimum absolute atomic E-state index is 0.0950. The number of rotatable bonds is 2. The Morgan fingerprint density at radius 3 is 2.27 bits per heavy atom. The van der Waals surface area contributed by atoms with E-state index in [0.717, 1.165) is 17.1 Å². The molecule has 5 heteroatoms. The lowest BCUT2D eigenvalue weighted by Crippen LogP contribution is -2.49. The highest BCUT2D eigenvalue weighted by Crippen LogP contribution is 2.17. The summed E-state index contributed by atoms with van der Waals surface area (Å²) < 4.78 is 2.14. The number of benzene rings is 1. The van der Waals surface area contributed by atoms with Crippen molar-refractivity contribution in [3.05, 3.63) is 53.3 Å². The van der Waals surface area contributed by atoms with Gasteiger partial charge in [-0.05, 0) is 50.2 Å². The molecule has 0 saturated carbocycles. The van der Waals surface area contributed by atoms with Gasteiger partial charge in [-0.1, -0.05) is 0 Å². The molecule has 22 heavy (non-hydrogen) atoms. The molecule has 3 rings (SSSR count). The first-order valence-corrected chi connectivity index (χ1v) is 7.37. The molecule has 1 fully saturated rings. The molecule has 0 atom stereocenters. The van der Waals surface area contributed by atoms with Crippen molar-refractivity contribution in [1.82, 2.24) is 14.8 Å². The lowest BCUT2D eigenvalue weighted by Gasteiger charge is -2.26. The molecule has 114 valence electrons. The number of hydrogen-bond acceptors (Lipinski definition) is 2. The number of carbonyl (C=O) groups is 2. The Hall–Kier alpha value is -2.56. The molecule has 1 aliphatic rings. The predicted molar refractivity (Wildman–Crippen MR) is 84.2 cm³/mol. The highest BCUT2D eigenvalue weighted by Gasteiger charge is 2.22. The Labute approximate surface area is 129 Å². The number of nitrogens with zero attached hydrogens (tertiary/aromatic N) is 2. The highest BCUT2D eigenvalue weighted by molar-refractivity contribution is 5.97. The van der Waals surface area contributed by atoms with Gasteiger partial charge in [-0.2, -0.15) is 0 Å². The van der Waals surface area contributed by atoms with Gasteiger partial charge in [0, 0.05) is 35.7 Å². The van der Waals surface area contributed by atoms with Gasteiger partial charge in [0.05, 0.1) is 6.54 Å². The van der Waals surface area contributed by atoms with Gasteiger partial charge in [-0.15, -0.1) is 0 Å². The second-order valence-electron chi connectivity index (χ2n) is 5.58. The fourth-order valence-corrected chi connectivity index (χ4v) is 2.82. The van der Waals surface area contributed by atoms with Gasteiger partial charge in [-0.3, -0.25) is 9.59 Å². The molecule has 0 bridgehead atoms. The van der Waals surface area contributed by atoms with Crippen LogP contribution in [0.25, 0.3) is 5.69 Å². The van der Waals surface area contributed by atoms with Crippen molar-refractivity contribution in [3.63, 3.8) is 0 Å². The topological polar surface area (TPSA) is 54.3 Å². The average molecular weight is 297 g/mol. The predicted octanol–water partition coefficient (Wildman–Crippen LogP) is 1.67. The first-order chi connectivity index (χ1) is 10.6. The smallest absolute Gasteiger partial charge is 0.254 e. The molecule has 5 nitrogen and oxygen atoms in total. The van der Waals surface area contributed by atoms with Gasteiger partial charge in [0.15, 0.2) is 0 Å². The van der Waals surface area contributed by atoms with Gasteiger partial charge >= 0.3 is 0 Å². The number of aryl methyl sites for hydroxylation is 2. The minimum atomic E-state index is -0.102. The van der Waals surface area contributed by atoms with Crippen LogP contribution in [0.5, 0.6) is 0 Å². The molecule has 2 amide bonds. The largest absolute Gasteiger partial charge is 0.353 e. The second kappa shape index (κ2) is 5.67. The molecular formula is C17H19N3O2. The molecule has 1 saturated heterocycles. The quantitative estimate of drug-likeness (QED) is 0.916. The van der Waals surface area contributed by atoms with Crippen LogP contribution in [0, 0.1) is 13.8 Å². The van der Waals surface area contributed by atoms with Crippen LogP contribution in [0.15, 0.2) is 36.4 Å². The number of aromatic nitrogens is 1. The Balaban J connectivity index is 1.82. The van der Waals surface area contributed by atoms with Gasteiger partial charge in [0.2, 0.25) is 5.91 Å². The summed E-state index contributed by atoms with van der Waals surface area (Å²) in [6.07, 6.45) is 0. The number of amides is 2. The van der Waals surface area contributed by atoms with Crippen molar-refractivity contribution in [2.45, 2.75) is 13.8 Å². The van der Waals surface area contributed by atoms with Crippen LogP contribution in [-0.4, -0.2) is 40.9 Å². The first kappa shape index (κ1) is 14.4. The van der Waals surface area contributed by atoms with E-state index in [1.54, 1.807) is 4.90 Å². The first-order valence-electron chi connectivity index (χ1n) is 7.37. The third kappa shape index (κ3) is 2.62. The van der Waals surface area contributed by atoms with E-state index >= 15 is 0 Å². The molecule has 1 aromatic carbocycles. The summed E-state index contributed by atoms with van der Waals surface area (Å²) in [5.41, 5.74) is 3.96. The Kier molecular flexibility index (Phi) is 3.71. The second-order valence-corrected chi connectivity index (χ2v) is 5.58. The van der Waals surface area contributed by atoms with Crippen molar-refractivity contribution in [1.29, 1.82) is 0 Å². The van der Waals surface area contributed by atoms with Crippen molar-refractivity contribution in [3.8, 4) is 5.69 Å². The normalized spacial score (nSPS) is 14.8. The molecule has 0 spiro atoms. The van der Waals surface area contributed by atoms with Crippen LogP contribution in [0.4, 0.5) is 0 Å². The summed E-state index contributed by atoms with van der Waals surface area (Å²) in [4.78, 5) is 25.4. The lowest BCUT2D eigenvalue weighted by molar-refractivity contribution is -0.123. The zero-order valence-corrected chi connectivity index (χ0v) is 12.8. The van der Waals surface area contributed by atoms with Crippen molar-refractivity contribution >= 4 is 11.8 Å². The van der Waals surface area contributed by atoms with E-state index in [-0.39, 0.29) is 18.4 Å². The van der Waals surface area contributed by atoms with E-state index in [9.17, 15) is 9.59 Å². The summed E-state index contributed by atoms with van der Waals surface area (Å²) in [7, 11) is 0. The minimum Gasteiger partial charge on any atom is -0.353 e. The number of carbonyl (C=O) groups excluding carboxylic acids is 2. The zero-order chi connectivity index (χ0) is 15.7. The third-order valence-electron chi connectivity index (χ3n) is 3.97. The highest BCUT2D eigenvalue weighted by atomic mass is 16.2. The molecule has 1 aliphatic heterocycles. The van der Waals surface area contributed by atoms with Crippen LogP contribution in [0.1, 0.15) is 21.7 Å². The van der Waals surface area contributed by atoms with Gasteiger partial charge < -0.3 is 14.8 Å². The molecule has 2 heterocycles. The Morgan fingerprint density at radius 1 is 1.05 bits per heavy atom. The molecule has 1 N–H and O–H groups in total. The summed E-state index contributed by atoms with van der Waals surface area (Å²) in [6.45, 7) is 5.32. The average Bonchev–Trinajstić information content (AvgIpc) is 2.86. The van der Waals surface area contributed by atoms with Crippen molar-refractivity contribution < 1.29 is 9.59 Å². The summed E-state index contributed by atoms with van der Waals surface area (Å²) >= 11 is 0. The Bertz CT molecular complexity index is 697. The van der Waals surface area contributed by atoms with E-state index in [1.807, 2.05) is 24.3 Å². The van der Waals surface area contributed by atoms with E-state index in [2.05, 4.69) is 35.9 Å². The maximum Gasteiger partial charge on any atom is 0.254 e. The van der Waals surface area contributed by atoms with Crippen LogP contribution in [-0.2, 0) is 4.79 Å². The molecule has 1 aromatic heterocycles. The molecule has 0 unspecified atom stereocenters. The SMILES string of the molecule is Cc1ccc(C)n1-c1ccc(C(=O)N2CCNC(=O)C2)cc1. The van der Waals surface area contributed by atoms with Gasteiger partial charge in [-0.25, -0.2) is 0 Å². The summed E-state index contributed by atoms with van der Waals surface area (Å²) in [5, 5.41) is 2.72. The summed E-state index contributed by atoms with van der Waals surface area (Å²) in [5.74, 6) is -0.197. The molecule has 0 radical (unpaired) electrons. The van der Waals surface area contributed by atoms with Crippen LogP contribution >= 0.6 is 0 Å². The maximum absolute atomic E-state index is 12.4. The van der Waals surface area contributed by atoms with Gasteiger partial charge in [0.1, 0.15) is 0 Å². The third-order valence-corrected chi connectivity index (χ3v) is 3.97. The van der Waals surface area contributed by atoms with E-state index < -0.39 is 0 Å². The van der Waals surface area contributed by atoms with E-state index in [4.69, 9.17) is 0 Å². The standard InChI is InChI=1S/C17H19N3O2/c1-12-3-4-13(2)20(12)15-7-5-14(6-8-15)17(22)19-10-9-18-16(21)11-19/h3-8H,9-11H2,1-2H3,(H,18,21). The maximum atomic E-state index is 12.4. The number of hydrogen-bond donors (Lipinski definition) is 1. The van der Waals surface area contributed by atoms with E-state index in [1.165, 1.54) is 0 Å². The monoisotopic (exact) mass is 297 g/mol. The van der Waals surface area contributed by atoms with Crippen LogP contribution in [0.3, 0.4) is 0 Å². The number of piperazine rings is 1. The molecule has 0 aliphatic carbocycles. The number of nitrogens with one attached hydrogen (secondary N) is 1. The van der Waals surface area contributed by atoms with Crippen molar-refractivity contribution in [2.75, 3.05) is 19.6 Å². The summed E-state index contributed by atoms with van der Waals surface area (Å²) in [6, 6.07) is 11.7. The fraction of sp³-hybridized carbons (Fsp3) is 0.294. The van der Waals surface area contributed by atoms with E-state index in [0.29, 0.717) is 18.7 Å². The molecular weight excluding hydrogens is 278 g/mol. The van der Waals surface area contributed by atoms with Crippen molar-refractivity contribution in [2.24, 2.45) is 0 Å².